The molecule has 0 radical (unpaired) electrons. The normalized spacial score (nSPS) is 20.8. The maximum atomic E-state index is 7.29. The summed E-state index contributed by atoms with van der Waals surface area (Å²) >= 11 is 0. The van der Waals surface area contributed by atoms with Crippen molar-refractivity contribution in [2.75, 3.05) is 24.6 Å². The second-order valence-corrected chi connectivity index (χ2v) is 3.95. The number of pyridine rings is 1. The highest BCUT2D eigenvalue weighted by Crippen LogP contribution is 2.15. The lowest BCUT2D eigenvalue weighted by atomic mass is 10.2. The molecule has 0 aromatic carbocycles. The summed E-state index contributed by atoms with van der Waals surface area (Å²) in [6.07, 6.45) is 1.88. The lowest BCUT2D eigenvalue weighted by Crippen LogP contribution is -2.41. The molecule has 1 fully saturated rings. The van der Waals surface area contributed by atoms with Gasteiger partial charge in [0, 0.05) is 24.8 Å². The summed E-state index contributed by atoms with van der Waals surface area (Å²) < 4.78 is 5.47. The van der Waals surface area contributed by atoms with Crippen molar-refractivity contribution in [3.05, 3.63) is 23.9 Å². The number of hydrogen-bond acceptors (Lipinski definition) is 4. The lowest BCUT2D eigenvalue weighted by Gasteiger charge is -2.32. The van der Waals surface area contributed by atoms with Crippen molar-refractivity contribution in [1.29, 1.82) is 5.41 Å². The Bertz CT molecular complexity index is 376. The quantitative estimate of drug-likeness (QED) is 0.565. The number of rotatable bonds is 2. The van der Waals surface area contributed by atoms with E-state index in [0.717, 1.165) is 25.5 Å². The van der Waals surface area contributed by atoms with Crippen LogP contribution in [0.15, 0.2) is 18.3 Å². The van der Waals surface area contributed by atoms with Crippen LogP contribution < -0.4 is 10.6 Å². The molecule has 1 aromatic heterocycles. The van der Waals surface area contributed by atoms with Gasteiger partial charge in [0.05, 0.1) is 12.7 Å². The number of nitrogens with two attached hydrogens (primary N) is 1. The summed E-state index contributed by atoms with van der Waals surface area (Å²) in [5.41, 5.74) is 6.03. The standard InChI is InChI=1S/C11H16N4O/c1-8-7-15(4-5-16-8)10-3-2-9(6-14-10)11(12)13/h2-3,6,8H,4-5,7H2,1H3,(H3,12,13). The lowest BCUT2D eigenvalue weighted by molar-refractivity contribution is 0.0529. The zero-order valence-corrected chi connectivity index (χ0v) is 9.31. The molecule has 0 spiro atoms. The average molecular weight is 220 g/mol. The van der Waals surface area contributed by atoms with Gasteiger partial charge in [0.2, 0.25) is 0 Å². The predicted octanol–water partition coefficient (Wildman–Crippen LogP) is 0.591. The van der Waals surface area contributed by atoms with E-state index in [1.165, 1.54) is 0 Å². The molecule has 0 amide bonds. The van der Waals surface area contributed by atoms with Crippen molar-refractivity contribution in [3.8, 4) is 0 Å². The third-order valence-electron chi connectivity index (χ3n) is 2.62. The van der Waals surface area contributed by atoms with Crippen LogP contribution in [0.4, 0.5) is 5.82 Å². The van der Waals surface area contributed by atoms with Crippen LogP contribution >= 0.6 is 0 Å². The average Bonchev–Trinajstić information content (AvgIpc) is 2.29. The molecule has 1 aliphatic rings. The molecule has 3 N–H and O–H groups in total. The Morgan fingerprint density at radius 3 is 3.00 bits per heavy atom. The number of ether oxygens (including phenoxy) is 1. The molecule has 0 saturated carbocycles. The number of nitrogen functional groups attached to an aromatic ring is 1. The van der Waals surface area contributed by atoms with Crippen LogP contribution in [-0.2, 0) is 4.74 Å². The van der Waals surface area contributed by atoms with Gasteiger partial charge in [0.1, 0.15) is 11.7 Å². The van der Waals surface area contributed by atoms with Gasteiger partial charge in [-0.15, -0.1) is 0 Å². The van der Waals surface area contributed by atoms with E-state index in [1.54, 1.807) is 6.20 Å². The van der Waals surface area contributed by atoms with Crippen molar-refractivity contribution in [2.24, 2.45) is 5.73 Å². The van der Waals surface area contributed by atoms with E-state index in [2.05, 4.69) is 16.8 Å². The molecule has 5 heteroatoms. The summed E-state index contributed by atoms with van der Waals surface area (Å²) in [6.45, 7) is 4.50. The first-order valence-electron chi connectivity index (χ1n) is 5.34. The molecule has 1 aliphatic heterocycles. The molecule has 86 valence electrons. The fourth-order valence-corrected chi connectivity index (χ4v) is 1.76. The molecule has 2 rings (SSSR count). The second-order valence-electron chi connectivity index (χ2n) is 3.95. The van der Waals surface area contributed by atoms with Crippen molar-refractivity contribution >= 4 is 11.7 Å². The summed E-state index contributed by atoms with van der Waals surface area (Å²) in [7, 11) is 0. The van der Waals surface area contributed by atoms with E-state index in [-0.39, 0.29) is 11.9 Å². The summed E-state index contributed by atoms with van der Waals surface area (Å²) in [6, 6.07) is 3.72. The third kappa shape index (κ3) is 2.30. The van der Waals surface area contributed by atoms with E-state index in [9.17, 15) is 0 Å². The molecular formula is C11H16N4O. The minimum Gasteiger partial charge on any atom is -0.384 e. The number of hydrogen-bond donors (Lipinski definition) is 2. The topological polar surface area (TPSA) is 75.2 Å². The van der Waals surface area contributed by atoms with Gasteiger partial charge in [-0.25, -0.2) is 4.98 Å². The number of aromatic nitrogens is 1. The summed E-state index contributed by atoms with van der Waals surface area (Å²) in [5, 5.41) is 7.29. The molecule has 2 heterocycles. The molecule has 1 aromatic rings. The fraction of sp³-hybridized carbons (Fsp3) is 0.455. The largest absolute Gasteiger partial charge is 0.384 e. The van der Waals surface area contributed by atoms with Gasteiger partial charge in [0.15, 0.2) is 0 Å². The number of amidine groups is 1. The van der Waals surface area contributed by atoms with E-state index in [4.69, 9.17) is 15.9 Å². The monoisotopic (exact) mass is 220 g/mol. The second kappa shape index (κ2) is 4.49. The fourth-order valence-electron chi connectivity index (χ4n) is 1.76. The first kappa shape index (κ1) is 10.9. The third-order valence-corrected chi connectivity index (χ3v) is 2.62. The van der Waals surface area contributed by atoms with Crippen molar-refractivity contribution in [2.45, 2.75) is 13.0 Å². The van der Waals surface area contributed by atoms with Gasteiger partial charge < -0.3 is 15.4 Å². The van der Waals surface area contributed by atoms with Gasteiger partial charge in [-0.1, -0.05) is 0 Å². The maximum Gasteiger partial charge on any atom is 0.128 e. The first-order valence-corrected chi connectivity index (χ1v) is 5.34. The smallest absolute Gasteiger partial charge is 0.128 e. The van der Waals surface area contributed by atoms with Gasteiger partial charge >= 0.3 is 0 Å². The molecule has 0 aliphatic carbocycles. The minimum absolute atomic E-state index is 0.0504. The van der Waals surface area contributed by atoms with Crippen LogP contribution in [0.5, 0.6) is 0 Å². The number of nitrogens with one attached hydrogen (secondary N) is 1. The van der Waals surface area contributed by atoms with Crippen molar-refractivity contribution < 1.29 is 4.74 Å². The maximum absolute atomic E-state index is 7.29. The Morgan fingerprint density at radius 1 is 1.62 bits per heavy atom. The molecule has 1 saturated heterocycles. The summed E-state index contributed by atoms with van der Waals surface area (Å²) in [5.74, 6) is 0.967. The molecule has 0 bridgehead atoms. The molecule has 16 heavy (non-hydrogen) atoms. The molecule has 5 nitrogen and oxygen atoms in total. The Labute approximate surface area is 94.7 Å². The van der Waals surface area contributed by atoms with Crippen molar-refractivity contribution in [1.82, 2.24) is 4.98 Å². The van der Waals surface area contributed by atoms with Crippen LogP contribution in [0.25, 0.3) is 0 Å². The van der Waals surface area contributed by atoms with Crippen LogP contribution in [0.1, 0.15) is 12.5 Å². The number of nitrogens with zero attached hydrogens (tertiary/aromatic N) is 2. The Morgan fingerprint density at radius 2 is 2.44 bits per heavy atom. The van der Waals surface area contributed by atoms with Gasteiger partial charge in [-0.3, -0.25) is 5.41 Å². The van der Waals surface area contributed by atoms with E-state index in [1.807, 2.05) is 12.1 Å². The van der Waals surface area contributed by atoms with Crippen molar-refractivity contribution in [3.63, 3.8) is 0 Å². The van der Waals surface area contributed by atoms with E-state index in [0.29, 0.717) is 5.56 Å². The van der Waals surface area contributed by atoms with Gasteiger partial charge in [-0.2, -0.15) is 0 Å². The summed E-state index contributed by atoms with van der Waals surface area (Å²) in [4.78, 5) is 6.49. The highest BCUT2D eigenvalue weighted by molar-refractivity contribution is 5.94. The van der Waals surface area contributed by atoms with Crippen LogP contribution in [0, 0.1) is 5.41 Å². The molecule has 1 unspecified atom stereocenters. The Hall–Kier alpha value is -1.62. The Kier molecular flexibility index (Phi) is 3.05. The van der Waals surface area contributed by atoms with E-state index < -0.39 is 0 Å². The first-order chi connectivity index (χ1) is 7.66. The molecule has 1 atom stereocenters. The van der Waals surface area contributed by atoms with E-state index >= 15 is 0 Å². The highest BCUT2D eigenvalue weighted by atomic mass is 16.5. The SMILES string of the molecule is CC1CN(c2ccc(C(=N)N)cn2)CCO1. The zero-order valence-electron chi connectivity index (χ0n) is 9.31. The van der Waals surface area contributed by atoms with Crippen LogP contribution in [-0.4, -0.2) is 36.6 Å². The van der Waals surface area contributed by atoms with Gasteiger partial charge in [-0.05, 0) is 19.1 Å². The molecular weight excluding hydrogens is 204 g/mol. The highest BCUT2D eigenvalue weighted by Gasteiger charge is 2.17. The zero-order chi connectivity index (χ0) is 11.5. The van der Waals surface area contributed by atoms with Gasteiger partial charge in [0.25, 0.3) is 0 Å². The number of morpholine rings is 1. The Balaban J connectivity index is 2.11. The minimum atomic E-state index is 0.0504. The number of anilines is 1. The predicted molar refractivity (Wildman–Crippen MR) is 62.9 cm³/mol. The van der Waals surface area contributed by atoms with Crippen LogP contribution in [0.3, 0.4) is 0 Å². The van der Waals surface area contributed by atoms with Crippen LogP contribution in [0.2, 0.25) is 0 Å².